The number of aryl methyl sites for hydroxylation is 1. The van der Waals surface area contributed by atoms with E-state index in [1.54, 1.807) is 0 Å². The molecule has 84 valence electrons. The minimum Gasteiger partial charge on any atom is -0.505 e. The van der Waals surface area contributed by atoms with Crippen LogP contribution in [-0.2, 0) is 10.0 Å². The monoisotopic (exact) mass is 238 g/mol. The van der Waals surface area contributed by atoms with Crippen molar-refractivity contribution in [3.05, 3.63) is 17.3 Å². The van der Waals surface area contributed by atoms with E-state index in [1.165, 1.54) is 6.92 Å². The van der Waals surface area contributed by atoms with Gasteiger partial charge in [0.1, 0.15) is 5.69 Å². The molecule has 1 aromatic heterocycles. The number of pyridine rings is 1. The predicted molar refractivity (Wildman–Crippen MR) is 47.0 cm³/mol. The lowest BCUT2D eigenvalue weighted by Crippen LogP contribution is -2.15. The fourth-order valence-electron chi connectivity index (χ4n) is 0.971. The molecule has 0 aliphatic heterocycles. The van der Waals surface area contributed by atoms with Gasteiger partial charge in [-0.2, -0.15) is 0 Å². The van der Waals surface area contributed by atoms with E-state index in [2.05, 4.69) is 4.98 Å². The highest BCUT2D eigenvalue weighted by atomic mass is 32.2. The van der Waals surface area contributed by atoms with Gasteiger partial charge < -0.3 is 5.11 Å². The molecule has 0 amide bonds. The van der Waals surface area contributed by atoms with Crippen molar-refractivity contribution in [3.63, 3.8) is 0 Å². The minimum absolute atomic E-state index is 0.0238. The second-order valence-electron chi connectivity index (χ2n) is 2.86. The van der Waals surface area contributed by atoms with E-state index in [4.69, 9.17) is 5.14 Å². The van der Waals surface area contributed by atoms with Crippen LogP contribution in [0.1, 0.15) is 17.7 Å². The molecule has 15 heavy (non-hydrogen) atoms. The summed E-state index contributed by atoms with van der Waals surface area (Å²) in [5, 5.41) is 13.0. The Labute approximate surface area is 84.6 Å². The number of hydrogen-bond acceptors (Lipinski definition) is 4. The molecule has 3 N–H and O–H groups in total. The van der Waals surface area contributed by atoms with Crippen molar-refractivity contribution in [1.29, 1.82) is 0 Å². The zero-order valence-electron chi connectivity index (χ0n) is 7.61. The summed E-state index contributed by atoms with van der Waals surface area (Å²) in [5.41, 5.74) is -0.765. The van der Waals surface area contributed by atoms with Crippen molar-refractivity contribution in [2.75, 3.05) is 0 Å². The molecule has 0 atom stereocenters. The van der Waals surface area contributed by atoms with Crippen LogP contribution >= 0.6 is 0 Å². The van der Waals surface area contributed by atoms with Crippen LogP contribution in [0.5, 0.6) is 5.75 Å². The summed E-state index contributed by atoms with van der Waals surface area (Å²) >= 11 is 0. The molecule has 1 aromatic rings. The number of aromatic hydroxyl groups is 1. The van der Waals surface area contributed by atoms with E-state index in [0.29, 0.717) is 0 Å². The van der Waals surface area contributed by atoms with Gasteiger partial charge in [0.2, 0.25) is 5.03 Å². The molecule has 0 unspecified atom stereocenters. The molecule has 0 spiro atoms. The van der Waals surface area contributed by atoms with E-state index < -0.39 is 32.9 Å². The van der Waals surface area contributed by atoms with Crippen LogP contribution in [-0.4, -0.2) is 18.5 Å². The molecule has 0 saturated carbocycles. The van der Waals surface area contributed by atoms with Gasteiger partial charge in [-0.05, 0) is 18.6 Å². The zero-order chi connectivity index (χ0) is 11.8. The van der Waals surface area contributed by atoms with Crippen LogP contribution in [0, 0.1) is 6.92 Å². The Bertz CT molecular complexity index is 487. The Hall–Kier alpha value is -1.28. The smallest absolute Gasteiger partial charge is 0.280 e. The number of sulfonamides is 1. The average Bonchev–Trinajstić information content (AvgIpc) is 2.06. The zero-order valence-corrected chi connectivity index (χ0v) is 8.42. The van der Waals surface area contributed by atoms with Crippen LogP contribution in [0.25, 0.3) is 0 Å². The van der Waals surface area contributed by atoms with E-state index in [-0.39, 0.29) is 5.56 Å². The molecule has 0 fully saturated rings. The highest BCUT2D eigenvalue weighted by Crippen LogP contribution is 2.27. The fraction of sp³-hybridized carbons (Fsp3) is 0.286. The molecule has 0 aliphatic carbocycles. The normalized spacial score (nSPS) is 12.1. The fourth-order valence-corrected chi connectivity index (χ4v) is 1.63. The lowest BCUT2D eigenvalue weighted by molar-refractivity contribution is 0.145. The minimum atomic E-state index is -4.31. The molecule has 0 saturated heterocycles. The maximum atomic E-state index is 12.3. The number of nitrogens with two attached hydrogens (primary N) is 1. The van der Waals surface area contributed by atoms with Gasteiger partial charge in [0.05, 0.1) is 0 Å². The number of hydrogen-bond donors (Lipinski definition) is 2. The summed E-state index contributed by atoms with van der Waals surface area (Å²) in [6.45, 7) is 1.28. The Morgan fingerprint density at radius 3 is 2.47 bits per heavy atom. The predicted octanol–water partition coefficient (Wildman–Crippen LogP) is 0.681. The van der Waals surface area contributed by atoms with Gasteiger partial charge in [0.15, 0.2) is 5.75 Å². The molecule has 0 radical (unpaired) electrons. The van der Waals surface area contributed by atoms with Gasteiger partial charge in [-0.15, -0.1) is 0 Å². The van der Waals surface area contributed by atoms with Crippen LogP contribution in [0.15, 0.2) is 11.1 Å². The maximum absolute atomic E-state index is 12.3. The van der Waals surface area contributed by atoms with Gasteiger partial charge in [0, 0.05) is 0 Å². The SMILES string of the molecule is Cc1cc(C(F)F)nc(S(N)(=O)=O)c1O. The molecule has 1 rings (SSSR count). The summed E-state index contributed by atoms with van der Waals surface area (Å²) in [5.74, 6) is -0.707. The summed E-state index contributed by atoms with van der Waals surface area (Å²) in [7, 11) is -4.31. The van der Waals surface area contributed by atoms with Crippen molar-refractivity contribution in [2.45, 2.75) is 18.4 Å². The van der Waals surface area contributed by atoms with E-state index in [9.17, 15) is 22.3 Å². The number of aromatic nitrogens is 1. The molecular formula is C7H8F2N2O3S. The molecule has 5 nitrogen and oxygen atoms in total. The van der Waals surface area contributed by atoms with E-state index in [1.807, 2.05) is 0 Å². The largest absolute Gasteiger partial charge is 0.505 e. The first-order valence-corrected chi connectivity index (χ1v) is 5.29. The topological polar surface area (TPSA) is 93.3 Å². The first-order valence-electron chi connectivity index (χ1n) is 3.75. The Balaban J connectivity index is 3.52. The summed E-state index contributed by atoms with van der Waals surface area (Å²) in [6.07, 6.45) is -2.93. The van der Waals surface area contributed by atoms with Crippen molar-refractivity contribution < 1.29 is 22.3 Å². The van der Waals surface area contributed by atoms with Crippen molar-refractivity contribution in [1.82, 2.24) is 4.98 Å². The number of alkyl halides is 2. The highest BCUT2D eigenvalue weighted by molar-refractivity contribution is 7.89. The van der Waals surface area contributed by atoms with Crippen molar-refractivity contribution in [2.24, 2.45) is 5.14 Å². The van der Waals surface area contributed by atoms with Crippen LogP contribution in [0.2, 0.25) is 0 Å². The summed E-state index contributed by atoms with van der Waals surface area (Å²) in [4.78, 5) is 3.09. The van der Waals surface area contributed by atoms with Crippen molar-refractivity contribution in [3.8, 4) is 5.75 Å². The molecule has 1 heterocycles. The van der Waals surface area contributed by atoms with Crippen molar-refractivity contribution >= 4 is 10.0 Å². The molecule has 8 heteroatoms. The third-order valence-corrected chi connectivity index (χ3v) is 2.49. The standard InChI is InChI=1S/C7H8F2N2O3S/c1-3-2-4(6(8)9)11-7(5(3)12)15(10,13)14/h2,6,12H,1H3,(H2,10,13,14). The second kappa shape index (κ2) is 3.70. The van der Waals surface area contributed by atoms with Gasteiger partial charge in [-0.1, -0.05) is 0 Å². The number of primary sulfonamides is 1. The first-order chi connectivity index (χ1) is 6.73. The molecule has 0 bridgehead atoms. The van der Waals surface area contributed by atoms with E-state index >= 15 is 0 Å². The summed E-state index contributed by atoms with van der Waals surface area (Å²) < 4.78 is 46.3. The first kappa shape index (κ1) is 11.8. The van der Waals surface area contributed by atoms with Gasteiger partial charge in [0.25, 0.3) is 16.4 Å². The average molecular weight is 238 g/mol. The molecular weight excluding hydrogens is 230 g/mol. The Morgan fingerprint density at radius 2 is 2.07 bits per heavy atom. The van der Waals surface area contributed by atoms with Gasteiger partial charge >= 0.3 is 0 Å². The second-order valence-corrected chi connectivity index (χ2v) is 4.34. The Morgan fingerprint density at radius 1 is 1.53 bits per heavy atom. The van der Waals surface area contributed by atoms with Crippen LogP contribution in [0.3, 0.4) is 0 Å². The third kappa shape index (κ3) is 2.39. The number of halogens is 2. The molecule has 0 aliphatic rings. The highest BCUT2D eigenvalue weighted by Gasteiger charge is 2.21. The lowest BCUT2D eigenvalue weighted by atomic mass is 10.2. The number of rotatable bonds is 2. The summed E-state index contributed by atoms with van der Waals surface area (Å²) in [6, 6.07) is 0.898. The molecule has 0 aromatic carbocycles. The van der Waals surface area contributed by atoms with Gasteiger partial charge in [-0.25, -0.2) is 27.3 Å². The quantitative estimate of drug-likeness (QED) is 0.792. The van der Waals surface area contributed by atoms with E-state index in [0.717, 1.165) is 6.07 Å². The van der Waals surface area contributed by atoms with Crippen LogP contribution < -0.4 is 5.14 Å². The Kier molecular flexibility index (Phi) is 2.91. The van der Waals surface area contributed by atoms with Crippen LogP contribution in [0.4, 0.5) is 8.78 Å². The number of nitrogens with zero attached hydrogens (tertiary/aromatic N) is 1. The third-order valence-electron chi connectivity index (χ3n) is 1.66. The lowest BCUT2D eigenvalue weighted by Gasteiger charge is -2.07. The maximum Gasteiger partial charge on any atom is 0.280 e. The van der Waals surface area contributed by atoms with Gasteiger partial charge in [-0.3, -0.25) is 0 Å².